The van der Waals surface area contributed by atoms with Crippen LogP contribution in [-0.4, -0.2) is 17.1 Å². The van der Waals surface area contributed by atoms with Crippen LogP contribution < -0.4 is 4.90 Å². The van der Waals surface area contributed by atoms with Crippen molar-refractivity contribution in [2.75, 3.05) is 4.90 Å². The summed E-state index contributed by atoms with van der Waals surface area (Å²) in [6, 6.07) is 15.8. The number of carboxylic acids is 1. The molecule has 1 unspecified atom stereocenters. The molecule has 3 heteroatoms. The van der Waals surface area contributed by atoms with E-state index in [9.17, 15) is 9.90 Å². The van der Waals surface area contributed by atoms with E-state index in [2.05, 4.69) is 24.0 Å². The summed E-state index contributed by atoms with van der Waals surface area (Å²) >= 11 is 0. The molecule has 0 bridgehead atoms. The van der Waals surface area contributed by atoms with Crippen molar-refractivity contribution in [1.29, 1.82) is 0 Å². The van der Waals surface area contributed by atoms with Gasteiger partial charge in [-0.25, -0.2) is 4.79 Å². The van der Waals surface area contributed by atoms with Crippen molar-refractivity contribution in [3.05, 3.63) is 59.7 Å². The van der Waals surface area contributed by atoms with Crippen molar-refractivity contribution in [3.63, 3.8) is 0 Å². The first-order valence-electron chi connectivity index (χ1n) is 6.88. The largest absolute Gasteiger partial charge is 0.478 e. The molecule has 2 aromatic rings. The second-order valence-corrected chi connectivity index (χ2v) is 5.21. The van der Waals surface area contributed by atoms with E-state index in [1.54, 1.807) is 12.1 Å². The van der Waals surface area contributed by atoms with E-state index in [4.69, 9.17) is 0 Å². The second kappa shape index (κ2) is 5.00. The van der Waals surface area contributed by atoms with E-state index in [0.29, 0.717) is 11.6 Å². The maximum atomic E-state index is 11.5. The van der Waals surface area contributed by atoms with Gasteiger partial charge in [0.1, 0.15) is 0 Å². The molecule has 2 aromatic carbocycles. The number of nitrogens with zero attached hydrogens (tertiary/aromatic N) is 1. The van der Waals surface area contributed by atoms with Crippen LogP contribution in [0.15, 0.2) is 48.5 Å². The lowest BCUT2D eigenvalue weighted by Gasteiger charge is -2.37. The van der Waals surface area contributed by atoms with Crippen molar-refractivity contribution in [3.8, 4) is 0 Å². The molecule has 1 atom stereocenters. The number of hydrogen-bond acceptors (Lipinski definition) is 2. The Labute approximate surface area is 118 Å². The average molecular weight is 267 g/mol. The molecule has 0 aliphatic carbocycles. The van der Waals surface area contributed by atoms with Crippen molar-refractivity contribution in [1.82, 2.24) is 0 Å². The molecule has 102 valence electrons. The van der Waals surface area contributed by atoms with E-state index in [1.807, 2.05) is 24.3 Å². The Morgan fingerprint density at radius 1 is 1.10 bits per heavy atom. The monoisotopic (exact) mass is 267 g/mol. The molecule has 0 spiro atoms. The minimum Gasteiger partial charge on any atom is -0.478 e. The van der Waals surface area contributed by atoms with Gasteiger partial charge in [-0.05, 0) is 43.5 Å². The number of rotatable bonds is 2. The molecule has 0 fully saturated rings. The summed E-state index contributed by atoms with van der Waals surface area (Å²) in [6.45, 7) is 2.15. The van der Waals surface area contributed by atoms with Gasteiger partial charge >= 0.3 is 5.97 Å². The highest BCUT2D eigenvalue weighted by atomic mass is 16.4. The molecule has 1 aliphatic heterocycles. The predicted molar refractivity (Wildman–Crippen MR) is 79.8 cm³/mol. The smallest absolute Gasteiger partial charge is 0.337 e. The van der Waals surface area contributed by atoms with Crippen LogP contribution in [0.2, 0.25) is 0 Å². The number of anilines is 2. The molecule has 1 heterocycles. The lowest BCUT2D eigenvalue weighted by atomic mass is 9.95. The Morgan fingerprint density at radius 2 is 1.75 bits per heavy atom. The molecule has 0 saturated heterocycles. The number of carbonyl (C=O) groups is 1. The van der Waals surface area contributed by atoms with Crippen molar-refractivity contribution >= 4 is 17.3 Å². The fourth-order valence-corrected chi connectivity index (χ4v) is 2.92. The highest BCUT2D eigenvalue weighted by Crippen LogP contribution is 2.38. The lowest BCUT2D eigenvalue weighted by Crippen LogP contribution is -2.34. The van der Waals surface area contributed by atoms with Gasteiger partial charge in [-0.2, -0.15) is 0 Å². The molecular formula is C17H17NO2. The van der Waals surface area contributed by atoms with Crippen molar-refractivity contribution < 1.29 is 9.90 Å². The highest BCUT2D eigenvalue weighted by molar-refractivity contribution is 5.96. The minimum absolute atomic E-state index is 0.297. The molecule has 0 amide bonds. The van der Waals surface area contributed by atoms with Crippen molar-refractivity contribution in [2.24, 2.45) is 0 Å². The van der Waals surface area contributed by atoms with Crippen LogP contribution in [0.1, 0.15) is 29.3 Å². The molecule has 0 aromatic heterocycles. The van der Waals surface area contributed by atoms with Gasteiger partial charge in [0.05, 0.1) is 11.3 Å². The molecule has 0 radical (unpaired) electrons. The van der Waals surface area contributed by atoms with Gasteiger partial charge in [0.2, 0.25) is 0 Å². The van der Waals surface area contributed by atoms with Crippen LogP contribution in [0.4, 0.5) is 11.4 Å². The number of benzene rings is 2. The van der Waals surface area contributed by atoms with Gasteiger partial charge < -0.3 is 10.0 Å². The third-order valence-corrected chi connectivity index (χ3v) is 3.92. The Morgan fingerprint density at radius 3 is 2.50 bits per heavy atom. The fourth-order valence-electron chi connectivity index (χ4n) is 2.92. The van der Waals surface area contributed by atoms with Gasteiger partial charge in [-0.15, -0.1) is 0 Å². The summed E-state index contributed by atoms with van der Waals surface area (Å²) in [5.41, 5.74) is 3.54. The standard InChI is InChI=1S/C17H17NO2/c1-12-10-11-13-6-2-4-8-15(13)18(12)16-9-5-3-7-14(16)17(19)20/h2-9,12H,10-11H2,1H3,(H,19,20). The number of aromatic carboxylic acids is 1. The van der Waals surface area contributed by atoms with Crippen LogP contribution in [0.25, 0.3) is 0 Å². The van der Waals surface area contributed by atoms with Gasteiger partial charge in [0, 0.05) is 11.7 Å². The summed E-state index contributed by atoms with van der Waals surface area (Å²) in [5, 5.41) is 9.40. The maximum absolute atomic E-state index is 11.5. The minimum atomic E-state index is -0.879. The summed E-state index contributed by atoms with van der Waals surface area (Å²) in [6.07, 6.45) is 2.08. The second-order valence-electron chi connectivity index (χ2n) is 5.21. The summed E-state index contributed by atoms with van der Waals surface area (Å²) in [5.74, 6) is -0.879. The summed E-state index contributed by atoms with van der Waals surface area (Å²) < 4.78 is 0. The van der Waals surface area contributed by atoms with Crippen LogP contribution in [0.3, 0.4) is 0 Å². The fraction of sp³-hybridized carbons (Fsp3) is 0.235. The summed E-state index contributed by atoms with van der Waals surface area (Å²) in [7, 11) is 0. The first-order valence-corrected chi connectivity index (χ1v) is 6.88. The zero-order valence-electron chi connectivity index (χ0n) is 11.4. The Balaban J connectivity index is 2.17. The zero-order chi connectivity index (χ0) is 14.1. The maximum Gasteiger partial charge on any atom is 0.337 e. The van der Waals surface area contributed by atoms with E-state index in [-0.39, 0.29) is 0 Å². The number of aryl methyl sites for hydroxylation is 1. The van der Waals surface area contributed by atoms with Crippen LogP contribution >= 0.6 is 0 Å². The first kappa shape index (κ1) is 12.7. The molecule has 20 heavy (non-hydrogen) atoms. The number of hydrogen-bond donors (Lipinski definition) is 1. The zero-order valence-corrected chi connectivity index (χ0v) is 11.4. The van der Waals surface area contributed by atoms with Crippen LogP contribution in [0.5, 0.6) is 0 Å². The normalized spacial score (nSPS) is 17.6. The Hall–Kier alpha value is -2.29. The van der Waals surface area contributed by atoms with Crippen LogP contribution in [-0.2, 0) is 6.42 Å². The third kappa shape index (κ3) is 2.05. The van der Waals surface area contributed by atoms with Gasteiger partial charge in [-0.3, -0.25) is 0 Å². The van der Waals surface area contributed by atoms with E-state index < -0.39 is 5.97 Å². The Bertz CT molecular complexity index is 651. The highest BCUT2D eigenvalue weighted by Gasteiger charge is 2.26. The predicted octanol–water partition coefficient (Wildman–Crippen LogP) is 3.86. The average Bonchev–Trinajstić information content (AvgIpc) is 2.47. The number of carboxylic acid groups (broad SMARTS) is 1. The van der Waals surface area contributed by atoms with Gasteiger partial charge in [-0.1, -0.05) is 30.3 Å². The molecule has 0 saturated carbocycles. The molecular weight excluding hydrogens is 250 g/mol. The topological polar surface area (TPSA) is 40.5 Å². The molecule has 3 nitrogen and oxygen atoms in total. The SMILES string of the molecule is CC1CCc2ccccc2N1c1ccccc1C(=O)O. The first-order chi connectivity index (χ1) is 9.68. The van der Waals surface area contributed by atoms with E-state index in [0.717, 1.165) is 24.2 Å². The van der Waals surface area contributed by atoms with Crippen molar-refractivity contribution in [2.45, 2.75) is 25.8 Å². The van der Waals surface area contributed by atoms with Crippen LogP contribution in [0, 0.1) is 0 Å². The van der Waals surface area contributed by atoms with E-state index in [1.165, 1.54) is 5.56 Å². The van der Waals surface area contributed by atoms with Gasteiger partial charge in [0.15, 0.2) is 0 Å². The van der Waals surface area contributed by atoms with E-state index >= 15 is 0 Å². The Kier molecular flexibility index (Phi) is 3.18. The molecule has 1 aliphatic rings. The third-order valence-electron chi connectivity index (χ3n) is 3.92. The number of para-hydroxylation sites is 2. The molecule has 1 N–H and O–H groups in total. The summed E-state index contributed by atoms with van der Waals surface area (Å²) in [4.78, 5) is 13.6. The number of fused-ring (bicyclic) bond motifs is 1. The quantitative estimate of drug-likeness (QED) is 0.898. The lowest BCUT2D eigenvalue weighted by molar-refractivity contribution is 0.0697. The van der Waals surface area contributed by atoms with Gasteiger partial charge in [0.25, 0.3) is 0 Å². The molecule has 3 rings (SSSR count).